The summed E-state index contributed by atoms with van der Waals surface area (Å²) in [5.41, 5.74) is 2.64. The van der Waals surface area contributed by atoms with Crippen LogP contribution in [0.1, 0.15) is 28.2 Å². The average molecular weight is 457 g/mol. The zero-order chi connectivity index (χ0) is 22.7. The Bertz CT molecular complexity index is 1250. The van der Waals surface area contributed by atoms with Gasteiger partial charge in [0.1, 0.15) is 0 Å². The maximum atomic E-state index is 12.8. The molecule has 1 aromatic heterocycles. The molecule has 2 N–H and O–H groups in total. The first-order valence-corrected chi connectivity index (χ1v) is 11.6. The Morgan fingerprint density at radius 2 is 1.91 bits per heavy atom. The van der Waals surface area contributed by atoms with Gasteiger partial charge in [0.25, 0.3) is 15.9 Å². The predicted octanol–water partition coefficient (Wildman–Crippen LogP) is 2.85. The van der Waals surface area contributed by atoms with E-state index in [0.29, 0.717) is 36.7 Å². The number of aryl methyl sites for hydroxylation is 3. The third-order valence-corrected chi connectivity index (χ3v) is 6.35. The minimum Gasteiger partial charge on any atom is -0.454 e. The van der Waals surface area contributed by atoms with Crippen LogP contribution in [0.25, 0.3) is 0 Å². The molecule has 1 aliphatic heterocycles. The van der Waals surface area contributed by atoms with Gasteiger partial charge >= 0.3 is 0 Å². The number of amides is 1. The van der Waals surface area contributed by atoms with Crippen molar-refractivity contribution >= 4 is 21.6 Å². The number of hydrogen-bond acceptors (Lipinski definition) is 6. The van der Waals surface area contributed by atoms with Crippen molar-refractivity contribution in [3.63, 3.8) is 0 Å². The lowest BCUT2D eigenvalue weighted by Crippen LogP contribution is -2.26. The summed E-state index contributed by atoms with van der Waals surface area (Å²) in [6.07, 6.45) is 0.706. The van der Waals surface area contributed by atoms with Gasteiger partial charge < -0.3 is 14.8 Å². The molecular formula is C22H24N4O5S. The van der Waals surface area contributed by atoms with E-state index in [4.69, 9.17) is 9.47 Å². The largest absolute Gasteiger partial charge is 0.454 e. The van der Waals surface area contributed by atoms with Crippen LogP contribution in [-0.4, -0.2) is 37.4 Å². The van der Waals surface area contributed by atoms with Crippen LogP contribution < -0.4 is 19.5 Å². The van der Waals surface area contributed by atoms with Crippen LogP contribution in [-0.2, 0) is 16.6 Å². The van der Waals surface area contributed by atoms with Gasteiger partial charge in [0.15, 0.2) is 11.5 Å². The number of anilines is 1. The number of carbonyl (C=O) groups excluding carboxylic acids is 1. The van der Waals surface area contributed by atoms with Gasteiger partial charge in [-0.15, -0.1) is 0 Å². The van der Waals surface area contributed by atoms with Gasteiger partial charge in [-0.1, -0.05) is 6.07 Å². The average Bonchev–Trinajstić information content (AvgIpc) is 3.35. The second kappa shape index (κ2) is 8.91. The van der Waals surface area contributed by atoms with Crippen molar-refractivity contribution < 1.29 is 22.7 Å². The first-order chi connectivity index (χ1) is 15.3. The van der Waals surface area contributed by atoms with E-state index in [0.717, 1.165) is 11.4 Å². The molecule has 32 heavy (non-hydrogen) atoms. The highest BCUT2D eigenvalue weighted by Gasteiger charge is 2.19. The van der Waals surface area contributed by atoms with Crippen molar-refractivity contribution in [2.24, 2.45) is 0 Å². The van der Waals surface area contributed by atoms with Gasteiger partial charge in [0.2, 0.25) is 6.79 Å². The van der Waals surface area contributed by atoms with E-state index in [1.807, 2.05) is 24.6 Å². The lowest BCUT2D eigenvalue weighted by molar-refractivity contribution is 0.0952. The van der Waals surface area contributed by atoms with E-state index in [1.54, 1.807) is 30.3 Å². The SMILES string of the molecule is Cc1cc(C)n(CCCNC(=O)c2cccc(S(=O)(=O)Nc3ccc4c(c3)OCO4)c2)n1. The standard InChI is InChI=1S/C22H24N4O5S/c1-15-11-16(2)26(24-15)10-4-9-23-22(27)17-5-3-6-19(12-17)32(28,29)25-18-7-8-20-21(13-18)31-14-30-20/h3,5-8,11-13,25H,4,9-10,14H2,1-2H3,(H,23,27). The van der Waals surface area contributed by atoms with E-state index in [1.165, 1.54) is 12.1 Å². The Morgan fingerprint density at radius 3 is 2.69 bits per heavy atom. The van der Waals surface area contributed by atoms with Gasteiger partial charge in [0.05, 0.1) is 16.3 Å². The molecular weight excluding hydrogens is 432 g/mol. The molecule has 0 fully saturated rings. The topological polar surface area (TPSA) is 112 Å². The number of rotatable bonds is 8. The molecule has 0 atom stereocenters. The van der Waals surface area contributed by atoms with E-state index in [9.17, 15) is 13.2 Å². The Labute approximate surface area is 186 Å². The number of fused-ring (bicyclic) bond motifs is 1. The first kappa shape index (κ1) is 21.7. The molecule has 0 radical (unpaired) electrons. The molecule has 2 heterocycles. The van der Waals surface area contributed by atoms with Crippen molar-refractivity contribution in [3.05, 3.63) is 65.5 Å². The third-order valence-electron chi connectivity index (χ3n) is 4.97. The summed E-state index contributed by atoms with van der Waals surface area (Å²) in [7, 11) is -3.89. The minimum atomic E-state index is -3.89. The summed E-state index contributed by atoms with van der Waals surface area (Å²) in [6, 6.07) is 12.7. The zero-order valence-electron chi connectivity index (χ0n) is 17.8. The normalized spacial score (nSPS) is 12.6. The number of benzene rings is 2. The summed E-state index contributed by atoms with van der Waals surface area (Å²) >= 11 is 0. The Morgan fingerprint density at radius 1 is 1.09 bits per heavy atom. The van der Waals surface area contributed by atoms with Crippen molar-refractivity contribution in [2.45, 2.75) is 31.7 Å². The molecule has 0 spiro atoms. The van der Waals surface area contributed by atoms with E-state index < -0.39 is 10.0 Å². The summed E-state index contributed by atoms with van der Waals surface area (Å²) in [4.78, 5) is 12.5. The van der Waals surface area contributed by atoms with Crippen LogP contribution in [0.3, 0.4) is 0 Å². The number of nitrogens with zero attached hydrogens (tertiary/aromatic N) is 2. The molecule has 0 bridgehead atoms. The smallest absolute Gasteiger partial charge is 0.261 e. The molecule has 0 saturated heterocycles. The summed E-state index contributed by atoms with van der Waals surface area (Å²) in [5.74, 6) is 0.696. The second-order valence-corrected chi connectivity index (χ2v) is 9.14. The van der Waals surface area contributed by atoms with Crippen molar-refractivity contribution in [1.82, 2.24) is 15.1 Å². The van der Waals surface area contributed by atoms with Gasteiger partial charge in [0, 0.05) is 30.4 Å². The van der Waals surface area contributed by atoms with Crippen LogP contribution in [0.15, 0.2) is 53.4 Å². The summed E-state index contributed by atoms with van der Waals surface area (Å²) in [5, 5.41) is 7.22. The van der Waals surface area contributed by atoms with Gasteiger partial charge in [-0.2, -0.15) is 5.10 Å². The molecule has 0 saturated carbocycles. The molecule has 3 aromatic rings. The molecule has 0 unspecified atom stereocenters. The van der Waals surface area contributed by atoms with Crippen LogP contribution >= 0.6 is 0 Å². The fourth-order valence-corrected chi connectivity index (χ4v) is 4.51. The van der Waals surface area contributed by atoms with Gasteiger partial charge in [-0.05, 0) is 56.7 Å². The van der Waals surface area contributed by atoms with Gasteiger partial charge in [-0.3, -0.25) is 14.2 Å². The Hall–Kier alpha value is -3.53. The Kier molecular flexibility index (Phi) is 6.04. The predicted molar refractivity (Wildman–Crippen MR) is 118 cm³/mol. The maximum absolute atomic E-state index is 12.8. The van der Waals surface area contributed by atoms with Crippen LogP contribution in [0.5, 0.6) is 11.5 Å². The van der Waals surface area contributed by atoms with Crippen molar-refractivity contribution in [1.29, 1.82) is 0 Å². The monoisotopic (exact) mass is 456 g/mol. The maximum Gasteiger partial charge on any atom is 0.261 e. The molecule has 2 aromatic carbocycles. The van der Waals surface area contributed by atoms with Crippen molar-refractivity contribution in [3.8, 4) is 11.5 Å². The number of carbonyl (C=O) groups is 1. The highest BCUT2D eigenvalue weighted by Crippen LogP contribution is 2.34. The first-order valence-electron chi connectivity index (χ1n) is 10.1. The number of aromatic nitrogens is 2. The van der Waals surface area contributed by atoms with E-state index >= 15 is 0 Å². The molecule has 10 heteroatoms. The summed E-state index contributed by atoms with van der Waals surface area (Å²) < 4.78 is 40.5. The molecule has 4 rings (SSSR count). The molecule has 1 amide bonds. The minimum absolute atomic E-state index is 0.00884. The van der Waals surface area contributed by atoms with Crippen LogP contribution in [0, 0.1) is 13.8 Å². The number of sulfonamides is 1. The molecule has 0 aliphatic carbocycles. The van der Waals surface area contributed by atoms with E-state index in [-0.39, 0.29) is 23.2 Å². The lowest BCUT2D eigenvalue weighted by Gasteiger charge is -2.10. The number of hydrogen-bond donors (Lipinski definition) is 2. The number of nitrogens with one attached hydrogen (secondary N) is 2. The van der Waals surface area contributed by atoms with Crippen molar-refractivity contribution in [2.75, 3.05) is 18.1 Å². The second-order valence-electron chi connectivity index (χ2n) is 7.46. The lowest BCUT2D eigenvalue weighted by atomic mass is 10.2. The molecule has 1 aliphatic rings. The number of ether oxygens (including phenoxy) is 2. The van der Waals surface area contributed by atoms with Gasteiger partial charge in [-0.25, -0.2) is 8.42 Å². The van der Waals surface area contributed by atoms with Crippen LogP contribution in [0.4, 0.5) is 5.69 Å². The van der Waals surface area contributed by atoms with E-state index in [2.05, 4.69) is 15.1 Å². The molecule has 9 nitrogen and oxygen atoms in total. The zero-order valence-corrected chi connectivity index (χ0v) is 18.6. The highest BCUT2D eigenvalue weighted by molar-refractivity contribution is 7.92. The fourth-order valence-electron chi connectivity index (χ4n) is 3.41. The quantitative estimate of drug-likeness (QED) is 0.504. The Balaban J connectivity index is 1.37. The third kappa shape index (κ3) is 4.86. The fraction of sp³-hybridized carbons (Fsp3) is 0.273. The summed E-state index contributed by atoms with van der Waals surface area (Å²) in [6.45, 7) is 5.16. The molecule has 168 valence electrons. The highest BCUT2D eigenvalue weighted by atomic mass is 32.2. The van der Waals surface area contributed by atoms with Crippen LogP contribution in [0.2, 0.25) is 0 Å².